The van der Waals surface area contributed by atoms with Crippen molar-refractivity contribution >= 4 is 16.7 Å². The number of rotatable bonds is 4. The molecule has 2 unspecified atom stereocenters. The van der Waals surface area contributed by atoms with Gasteiger partial charge in [0.25, 0.3) is 0 Å². The van der Waals surface area contributed by atoms with Crippen molar-refractivity contribution in [3.63, 3.8) is 0 Å². The number of oxime groups is 1. The molecule has 1 aliphatic rings. The van der Waals surface area contributed by atoms with Crippen LogP contribution in [0.25, 0.3) is 11.0 Å². The predicted octanol–water partition coefficient (Wildman–Crippen LogP) is 3.46. The molecule has 0 fully saturated rings. The Bertz CT molecular complexity index is 778. The molecule has 2 heterocycles. The molecule has 0 aliphatic carbocycles. The molecule has 5 heteroatoms. The summed E-state index contributed by atoms with van der Waals surface area (Å²) in [6.45, 7) is 6.54. The molecule has 0 amide bonds. The van der Waals surface area contributed by atoms with Crippen LogP contribution in [0.5, 0.6) is 5.75 Å². The number of hydrogen-bond donors (Lipinski definition) is 0. The molecule has 1 aliphatic heterocycles. The molecule has 2 atom stereocenters. The van der Waals surface area contributed by atoms with Crippen molar-refractivity contribution < 1.29 is 14.0 Å². The Balaban J connectivity index is 2.11. The standard InChI is InChI=1S/C17H19NO4/c1-4-7-20-12-5-6-13-14(9-16(19)21-15(13)8-12)17-10(2)18-22-11(17)3/h5-6,8-9,11,17H,4,7H2,1-3H3. The maximum Gasteiger partial charge on any atom is 0.336 e. The van der Waals surface area contributed by atoms with Gasteiger partial charge in [0.15, 0.2) is 0 Å². The van der Waals surface area contributed by atoms with Crippen molar-refractivity contribution in [2.24, 2.45) is 5.16 Å². The summed E-state index contributed by atoms with van der Waals surface area (Å²) in [7, 11) is 0. The minimum Gasteiger partial charge on any atom is -0.493 e. The van der Waals surface area contributed by atoms with Crippen molar-refractivity contribution in [3.05, 3.63) is 40.2 Å². The van der Waals surface area contributed by atoms with E-state index in [-0.39, 0.29) is 17.6 Å². The van der Waals surface area contributed by atoms with E-state index in [4.69, 9.17) is 14.0 Å². The highest BCUT2D eigenvalue weighted by molar-refractivity contribution is 5.95. The Morgan fingerprint density at radius 2 is 2.14 bits per heavy atom. The van der Waals surface area contributed by atoms with Gasteiger partial charge in [-0.15, -0.1) is 0 Å². The van der Waals surface area contributed by atoms with E-state index in [0.29, 0.717) is 17.9 Å². The second-order valence-corrected chi connectivity index (χ2v) is 5.55. The topological polar surface area (TPSA) is 61.0 Å². The second kappa shape index (κ2) is 5.83. The van der Waals surface area contributed by atoms with E-state index >= 15 is 0 Å². The molecule has 0 N–H and O–H groups in total. The van der Waals surface area contributed by atoms with Gasteiger partial charge in [-0.1, -0.05) is 12.1 Å². The Hall–Kier alpha value is -2.30. The molecule has 1 aromatic heterocycles. The van der Waals surface area contributed by atoms with Crippen LogP contribution in [-0.2, 0) is 4.84 Å². The average Bonchev–Trinajstić information content (AvgIpc) is 2.83. The predicted molar refractivity (Wildman–Crippen MR) is 84.7 cm³/mol. The SMILES string of the molecule is CCCOc1ccc2c(C3C(C)=NOC3C)cc(=O)oc2c1. The zero-order valence-corrected chi connectivity index (χ0v) is 13.0. The first kappa shape index (κ1) is 14.6. The summed E-state index contributed by atoms with van der Waals surface area (Å²) in [5.41, 5.74) is 1.91. The van der Waals surface area contributed by atoms with E-state index in [9.17, 15) is 4.79 Å². The quantitative estimate of drug-likeness (QED) is 0.811. The Morgan fingerprint density at radius 1 is 1.32 bits per heavy atom. The number of nitrogens with zero attached hydrogens (tertiary/aromatic N) is 1. The maximum absolute atomic E-state index is 11.9. The average molecular weight is 301 g/mol. The highest BCUT2D eigenvalue weighted by Crippen LogP contribution is 2.34. The highest BCUT2D eigenvalue weighted by Gasteiger charge is 2.31. The van der Waals surface area contributed by atoms with E-state index in [0.717, 1.165) is 23.1 Å². The number of fused-ring (bicyclic) bond motifs is 1. The third kappa shape index (κ3) is 2.58. The lowest BCUT2D eigenvalue weighted by atomic mass is 9.89. The van der Waals surface area contributed by atoms with Gasteiger partial charge in [0.05, 0.1) is 18.2 Å². The molecular formula is C17H19NO4. The summed E-state index contributed by atoms with van der Waals surface area (Å²) in [5.74, 6) is 0.671. The van der Waals surface area contributed by atoms with E-state index in [1.165, 1.54) is 6.07 Å². The van der Waals surface area contributed by atoms with Gasteiger partial charge >= 0.3 is 5.63 Å². The lowest BCUT2D eigenvalue weighted by Crippen LogP contribution is -2.18. The first-order valence-corrected chi connectivity index (χ1v) is 7.51. The third-order valence-corrected chi connectivity index (χ3v) is 3.84. The minimum atomic E-state index is -0.373. The molecule has 5 nitrogen and oxygen atoms in total. The van der Waals surface area contributed by atoms with Gasteiger partial charge in [0, 0.05) is 17.5 Å². The lowest BCUT2D eigenvalue weighted by Gasteiger charge is -2.16. The first-order valence-electron chi connectivity index (χ1n) is 7.51. The summed E-state index contributed by atoms with van der Waals surface area (Å²) >= 11 is 0. The van der Waals surface area contributed by atoms with Crippen LogP contribution < -0.4 is 10.4 Å². The normalized spacial score (nSPS) is 20.8. The van der Waals surface area contributed by atoms with Crippen molar-refractivity contribution in [2.45, 2.75) is 39.2 Å². The smallest absolute Gasteiger partial charge is 0.336 e. The second-order valence-electron chi connectivity index (χ2n) is 5.55. The monoisotopic (exact) mass is 301 g/mol. The lowest BCUT2D eigenvalue weighted by molar-refractivity contribution is 0.0906. The zero-order valence-electron chi connectivity index (χ0n) is 13.0. The molecule has 0 saturated carbocycles. The minimum absolute atomic E-state index is 0.0333. The molecule has 3 rings (SSSR count). The third-order valence-electron chi connectivity index (χ3n) is 3.84. The summed E-state index contributed by atoms with van der Waals surface area (Å²) in [5, 5.41) is 4.92. The Morgan fingerprint density at radius 3 is 2.82 bits per heavy atom. The number of hydrogen-bond acceptors (Lipinski definition) is 5. The number of ether oxygens (including phenoxy) is 1. The van der Waals surface area contributed by atoms with Crippen LogP contribution in [0, 0.1) is 0 Å². The van der Waals surface area contributed by atoms with Gasteiger partial charge in [0.1, 0.15) is 17.4 Å². The number of benzene rings is 1. The summed E-state index contributed by atoms with van der Waals surface area (Å²) in [4.78, 5) is 17.2. The van der Waals surface area contributed by atoms with Gasteiger partial charge in [-0.2, -0.15) is 0 Å². The molecular weight excluding hydrogens is 282 g/mol. The van der Waals surface area contributed by atoms with E-state index in [1.807, 2.05) is 32.9 Å². The van der Waals surface area contributed by atoms with E-state index in [2.05, 4.69) is 5.16 Å². The Labute approximate surface area is 128 Å². The van der Waals surface area contributed by atoms with Gasteiger partial charge in [-0.05, 0) is 38.0 Å². The van der Waals surface area contributed by atoms with Crippen LogP contribution in [0.15, 0.2) is 38.6 Å². The van der Waals surface area contributed by atoms with Crippen molar-refractivity contribution in [1.82, 2.24) is 0 Å². The molecule has 0 radical (unpaired) electrons. The van der Waals surface area contributed by atoms with Gasteiger partial charge in [0.2, 0.25) is 0 Å². The molecule has 0 saturated heterocycles. The Kier molecular flexibility index (Phi) is 3.88. The highest BCUT2D eigenvalue weighted by atomic mass is 16.6. The van der Waals surface area contributed by atoms with Crippen molar-refractivity contribution in [1.29, 1.82) is 0 Å². The first-order chi connectivity index (χ1) is 10.6. The van der Waals surface area contributed by atoms with E-state index < -0.39 is 0 Å². The molecule has 1 aromatic carbocycles. The fourth-order valence-electron chi connectivity index (χ4n) is 2.84. The van der Waals surface area contributed by atoms with Crippen LogP contribution in [0.1, 0.15) is 38.7 Å². The molecule has 2 aromatic rings. The zero-order chi connectivity index (χ0) is 15.7. The van der Waals surface area contributed by atoms with Gasteiger partial charge in [-0.3, -0.25) is 0 Å². The molecule has 116 valence electrons. The van der Waals surface area contributed by atoms with Crippen molar-refractivity contribution in [3.8, 4) is 5.75 Å². The van der Waals surface area contributed by atoms with Gasteiger partial charge < -0.3 is 14.0 Å². The van der Waals surface area contributed by atoms with Crippen molar-refractivity contribution in [2.75, 3.05) is 6.61 Å². The fraction of sp³-hybridized carbons (Fsp3) is 0.412. The summed E-state index contributed by atoms with van der Waals surface area (Å²) in [6, 6.07) is 7.12. The maximum atomic E-state index is 11.9. The van der Waals surface area contributed by atoms with Crippen LogP contribution in [0.3, 0.4) is 0 Å². The molecule has 0 spiro atoms. The van der Waals surface area contributed by atoms with Crippen LogP contribution in [0.2, 0.25) is 0 Å². The molecule has 22 heavy (non-hydrogen) atoms. The van der Waals surface area contributed by atoms with Crippen LogP contribution >= 0.6 is 0 Å². The molecule has 0 bridgehead atoms. The summed E-state index contributed by atoms with van der Waals surface area (Å²) < 4.78 is 10.9. The largest absolute Gasteiger partial charge is 0.493 e. The fourth-order valence-corrected chi connectivity index (χ4v) is 2.84. The van der Waals surface area contributed by atoms with Gasteiger partial charge in [-0.25, -0.2) is 4.79 Å². The summed E-state index contributed by atoms with van der Waals surface area (Å²) in [6.07, 6.45) is 0.829. The van der Waals surface area contributed by atoms with Crippen LogP contribution in [0.4, 0.5) is 0 Å². The van der Waals surface area contributed by atoms with E-state index in [1.54, 1.807) is 6.07 Å². The van der Waals surface area contributed by atoms with Crippen LogP contribution in [-0.4, -0.2) is 18.4 Å².